The second kappa shape index (κ2) is 10.1. The Kier molecular flexibility index (Phi) is 6.54. The number of anilines is 1. The first-order valence-corrected chi connectivity index (χ1v) is 11.9. The van der Waals surface area contributed by atoms with Crippen LogP contribution in [0.25, 0.3) is 5.82 Å². The fourth-order valence-corrected chi connectivity index (χ4v) is 4.72. The Morgan fingerprint density at radius 1 is 1.00 bits per heavy atom. The van der Waals surface area contributed by atoms with E-state index >= 15 is 0 Å². The van der Waals surface area contributed by atoms with Crippen LogP contribution in [0.15, 0.2) is 91.4 Å². The molecule has 0 spiro atoms. The van der Waals surface area contributed by atoms with Gasteiger partial charge in [0.15, 0.2) is 5.11 Å². The first-order chi connectivity index (χ1) is 17.1. The molecule has 7 nitrogen and oxygen atoms in total. The highest BCUT2D eigenvalue weighted by Gasteiger charge is 2.41. The summed E-state index contributed by atoms with van der Waals surface area (Å²) in [6.45, 7) is 2.48. The van der Waals surface area contributed by atoms with Crippen LogP contribution in [-0.2, 0) is 4.79 Å². The van der Waals surface area contributed by atoms with Gasteiger partial charge in [-0.25, -0.2) is 4.98 Å². The lowest BCUT2D eigenvalue weighted by Gasteiger charge is -2.28. The van der Waals surface area contributed by atoms with Gasteiger partial charge >= 0.3 is 0 Å². The van der Waals surface area contributed by atoms with Crippen LogP contribution in [-0.4, -0.2) is 37.0 Å². The van der Waals surface area contributed by atoms with Gasteiger partial charge in [0.1, 0.15) is 5.82 Å². The zero-order valence-corrected chi connectivity index (χ0v) is 20.2. The molecule has 8 heteroatoms. The first-order valence-electron chi connectivity index (χ1n) is 11.5. The molecule has 35 heavy (non-hydrogen) atoms. The van der Waals surface area contributed by atoms with Crippen LogP contribution in [0.4, 0.5) is 5.69 Å². The maximum Gasteiger partial charge on any atom is 0.226 e. The van der Waals surface area contributed by atoms with Gasteiger partial charge in [-0.1, -0.05) is 29.8 Å². The lowest BCUT2D eigenvalue weighted by Crippen LogP contribution is -2.33. The summed E-state index contributed by atoms with van der Waals surface area (Å²) in [6, 6.07) is 23.2. The maximum absolute atomic E-state index is 12.8. The van der Waals surface area contributed by atoms with Gasteiger partial charge in [0, 0.05) is 42.9 Å². The van der Waals surface area contributed by atoms with Gasteiger partial charge in [-0.05, 0) is 67.7 Å². The molecule has 0 unspecified atom stereocenters. The number of benzene rings is 1. The van der Waals surface area contributed by atoms with Crippen LogP contribution in [0.2, 0.25) is 0 Å². The monoisotopic (exact) mass is 482 g/mol. The van der Waals surface area contributed by atoms with Crippen molar-refractivity contribution in [3.8, 4) is 5.82 Å². The van der Waals surface area contributed by atoms with E-state index in [1.54, 1.807) is 12.4 Å². The van der Waals surface area contributed by atoms with E-state index in [-0.39, 0.29) is 18.0 Å². The zero-order chi connectivity index (χ0) is 24.2. The lowest BCUT2D eigenvalue weighted by molar-refractivity contribution is -0.116. The fraction of sp³-hybridized carbons (Fsp3) is 0.185. The van der Waals surface area contributed by atoms with E-state index < -0.39 is 0 Å². The van der Waals surface area contributed by atoms with Gasteiger partial charge < -0.3 is 20.1 Å². The van der Waals surface area contributed by atoms with Crippen molar-refractivity contribution in [3.05, 3.63) is 108 Å². The van der Waals surface area contributed by atoms with Crippen LogP contribution in [0, 0.1) is 6.92 Å². The Labute approximate surface area is 209 Å². The van der Waals surface area contributed by atoms with Crippen molar-refractivity contribution in [2.24, 2.45) is 0 Å². The predicted molar refractivity (Wildman–Crippen MR) is 140 cm³/mol. The molecule has 0 radical (unpaired) electrons. The topological polar surface area (TPSA) is 75.1 Å². The summed E-state index contributed by atoms with van der Waals surface area (Å²) < 4.78 is 2.07. The summed E-state index contributed by atoms with van der Waals surface area (Å²) in [4.78, 5) is 24.0. The van der Waals surface area contributed by atoms with E-state index in [9.17, 15) is 4.79 Å². The maximum atomic E-state index is 12.8. The molecule has 5 rings (SSSR count). The number of aryl methyl sites for hydroxylation is 1. The summed E-state index contributed by atoms with van der Waals surface area (Å²) >= 11 is 5.76. The van der Waals surface area contributed by atoms with Crippen molar-refractivity contribution >= 4 is 28.9 Å². The minimum Gasteiger partial charge on any atom is -0.352 e. The molecule has 1 fully saturated rings. The van der Waals surface area contributed by atoms with Crippen LogP contribution < -0.4 is 10.6 Å². The highest BCUT2D eigenvalue weighted by Crippen LogP contribution is 2.39. The SMILES string of the molecule is Cc1ccc(NC(=O)CCN2C(=S)N[C@@H](c3ccccn3)[C@H]2c2cccn2-c2ccccn2)cc1. The Balaban J connectivity index is 1.42. The van der Waals surface area contributed by atoms with Gasteiger partial charge in [0.05, 0.1) is 17.8 Å². The second-order valence-corrected chi connectivity index (χ2v) is 8.86. The van der Waals surface area contributed by atoms with Crippen molar-refractivity contribution in [1.29, 1.82) is 0 Å². The highest BCUT2D eigenvalue weighted by molar-refractivity contribution is 7.80. The number of pyridine rings is 2. The van der Waals surface area contributed by atoms with E-state index in [1.807, 2.05) is 79.9 Å². The van der Waals surface area contributed by atoms with Gasteiger partial charge in [-0.2, -0.15) is 0 Å². The summed E-state index contributed by atoms with van der Waals surface area (Å²) in [6.07, 6.45) is 5.86. The van der Waals surface area contributed by atoms with E-state index in [1.165, 1.54) is 0 Å². The smallest absolute Gasteiger partial charge is 0.226 e. The third-order valence-corrected chi connectivity index (χ3v) is 6.44. The average molecular weight is 483 g/mol. The molecule has 1 aliphatic heterocycles. The molecule has 1 amide bonds. The number of nitrogens with zero attached hydrogens (tertiary/aromatic N) is 4. The molecule has 2 atom stereocenters. The Bertz CT molecular complexity index is 1310. The molecule has 0 bridgehead atoms. The van der Waals surface area contributed by atoms with Gasteiger partial charge in [-0.15, -0.1) is 0 Å². The van der Waals surface area contributed by atoms with Crippen molar-refractivity contribution in [2.45, 2.75) is 25.4 Å². The zero-order valence-electron chi connectivity index (χ0n) is 19.3. The van der Waals surface area contributed by atoms with E-state index in [2.05, 4.69) is 36.1 Å². The number of rotatable bonds is 7. The van der Waals surface area contributed by atoms with Gasteiger partial charge in [-0.3, -0.25) is 9.78 Å². The van der Waals surface area contributed by atoms with Crippen molar-refractivity contribution in [2.75, 3.05) is 11.9 Å². The number of thiocarbonyl (C=S) groups is 1. The number of hydrogen-bond acceptors (Lipinski definition) is 4. The largest absolute Gasteiger partial charge is 0.352 e. The molecule has 2 N–H and O–H groups in total. The predicted octanol–water partition coefficient (Wildman–Crippen LogP) is 4.58. The molecular weight excluding hydrogens is 456 g/mol. The lowest BCUT2D eigenvalue weighted by atomic mass is 10.0. The van der Waals surface area contributed by atoms with Crippen LogP contribution in [0.3, 0.4) is 0 Å². The number of aromatic nitrogens is 3. The molecule has 1 aromatic carbocycles. The first kappa shape index (κ1) is 22.7. The van der Waals surface area contributed by atoms with E-state index in [0.717, 1.165) is 28.5 Å². The Morgan fingerprint density at radius 3 is 2.49 bits per heavy atom. The molecule has 4 heterocycles. The molecule has 176 valence electrons. The average Bonchev–Trinajstić information content (AvgIpc) is 3.49. The fourth-order valence-electron chi connectivity index (χ4n) is 4.39. The normalized spacial score (nSPS) is 17.3. The van der Waals surface area contributed by atoms with E-state index in [0.29, 0.717) is 18.1 Å². The third kappa shape index (κ3) is 4.93. The van der Waals surface area contributed by atoms with Crippen molar-refractivity contribution < 1.29 is 4.79 Å². The molecule has 0 aliphatic carbocycles. The molecule has 1 saturated heterocycles. The molecule has 1 aliphatic rings. The Hall–Kier alpha value is -4.04. The molecule has 3 aromatic heterocycles. The van der Waals surface area contributed by atoms with Gasteiger partial charge in [0.25, 0.3) is 0 Å². The highest BCUT2D eigenvalue weighted by atomic mass is 32.1. The van der Waals surface area contributed by atoms with Crippen molar-refractivity contribution in [1.82, 2.24) is 24.8 Å². The van der Waals surface area contributed by atoms with Crippen LogP contribution >= 0.6 is 12.2 Å². The minimum absolute atomic E-state index is 0.0585. The standard InChI is InChI=1S/C27H26N6OS/c1-19-10-12-20(13-11-19)30-24(34)14-18-33-26(25(31-27(33)35)21-7-2-4-15-28-21)22-8-6-17-32(22)23-9-3-5-16-29-23/h2-13,15-17,25-26H,14,18H2,1H3,(H,30,34)(H,31,35)/t25-,26+/m0/s1. The molecule has 4 aromatic rings. The summed E-state index contributed by atoms with van der Waals surface area (Å²) in [7, 11) is 0. The number of carbonyl (C=O) groups is 1. The van der Waals surface area contributed by atoms with Crippen molar-refractivity contribution in [3.63, 3.8) is 0 Å². The minimum atomic E-state index is -0.166. The van der Waals surface area contributed by atoms with Gasteiger partial charge in [0.2, 0.25) is 5.91 Å². The van der Waals surface area contributed by atoms with E-state index in [4.69, 9.17) is 12.2 Å². The summed E-state index contributed by atoms with van der Waals surface area (Å²) in [5, 5.41) is 7.03. The summed E-state index contributed by atoms with van der Waals surface area (Å²) in [5.74, 6) is 0.763. The number of nitrogens with one attached hydrogen (secondary N) is 2. The van der Waals surface area contributed by atoms with Crippen LogP contribution in [0.5, 0.6) is 0 Å². The van der Waals surface area contributed by atoms with Crippen LogP contribution in [0.1, 0.15) is 35.5 Å². The molecule has 0 saturated carbocycles. The Morgan fingerprint density at radius 2 is 1.77 bits per heavy atom. The quantitative estimate of drug-likeness (QED) is 0.376. The second-order valence-electron chi connectivity index (χ2n) is 8.48. The molecular formula is C27H26N6OS. The number of carbonyl (C=O) groups excluding carboxylic acids is 1. The third-order valence-electron chi connectivity index (χ3n) is 6.09. The number of hydrogen-bond donors (Lipinski definition) is 2. The number of amides is 1. The summed E-state index contributed by atoms with van der Waals surface area (Å²) in [5.41, 5.74) is 3.84.